The first-order chi connectivity index (χ1) is 17.2. The average molecular weight is 514 g/mol. The number of benzene rings is 2. The van der Waals surface area contributed by atoms with Crippen LogP contribution in [0.1, 0.15) is 115 Å². The summed E-state index contributed by atoms with van der Waals surface area (Å²) < 4.78 is 10.5. The number of para-hydroxylation sites is 2. The van der Waals surface area contributed by atoms with Crippen molar-refractivity contribution < 1.29 is 4.55 Å². The van der Waals surface area contributed by atoms with E-state index in [0.29, 0.717) is 16.4 Å². The van der Waals surface area contributed by atoms with Crippen LogP contribution in [0.2, 0.25) is 0 Å². The highest BCUT2D eigenvalue weighted by atomic mass is 32.2. The van der Waals surface area contributed by atoms with E-state index in [0.717, 1.165) is 24.2 Å². The summed E-state index contributed by atoms with van der Waals surface area (Å²) in [7, 11) is 0. The molecule has 0 aliphatic rings. The summed E-state index contributed by atoms with van der Waals surface area (Å²) in [5, 5.41) is 0. The Morgan fingerprint density at radius 1 is 0.629 bits per heavy atom. The number of unbranched alkanes of at least 4 members (excludes halogenated alkanes) is 12. The molecule has 0 fully saturated rings. The van der Waals surface area contributed by atoms with Crippen LogP contribution in [0.25, 0.3) is 0 Å². The number of hydrogen-bond donors (Lipinski definition) is 1. The van der Waals surface area contributed by atoms with Crippen molar-refractivity contribution >= 4 is 40.0 Å². The predicted molar refractivity (Wildman–Crippen MR) is 161 cm³/mol. The highest BCUT2D eigenvalue weighted by Crippen LogP contribution is 2.35. The summed E-state index contributed by atoms with van der Waals surface area (Å²) in [6.45, 7) is 4.54. The van der Waals surface area contributed by atoms with Crippen LogP contribution >= 0.6 is 24.3 Å². The van der Waals surface area contributed by atoms with E-state index in [1.54, 1.807) is 0 Å². The average Bonchev–Trinajstić information content (AvgIpc) is 2.89. The monoisotopic (exact) mass is 513 g/mol. The maximum Gasteiger partial charge on any atom is 0.172 e. The lowest BCUT2D eigenvalue weighted by Gasteiger charge is -2.28. The van der Waals surface area contributed by atoms with Crippen molar-refractivity contribution in [1.29, 1.82) is 0 Å². The van der Waals surface area contributed by atoms with Gasteiger partial charge in [-0.2, -0.15) is 0 Å². The Labute approximate surface area is 225 Å². The lowest BCUT2D eigenvalue weighted by molar-refractivity contribution is 0.589. The lowest BCUT2D eigenvalue weighted by atomic mass is 10.0. The Kier molecular flexibility index (Phi) is 16.1. The molecule has 194 valence electrons. The molecule has 0 amide bonds. The fraction of sp³-hybridized carbons (Fsp3) is 0.581. The summed E-state index contributed by atoms with van der Waals surface area (Å²) in [5.41, 5.74) is 4.83. The zero-order valence-electron chi connectivity index (χ0n) is 22.1. The Morgan fingerprint density at radius 3 is 1.40 bits per heavy atom. The van der Waals surface area contributed by atoms with Crippen LogP contribution in [0.15, 0.2) is 48.5 Å². The molecular formula is C31H47NOS2. The summed E-state index contributed by atoms with van der Waals surface area (Å²) in [6.07, 6.45) is 20.4. The van der Waals surface area contributed by atoms with Gasteiger partial charge in [0.25, 0.3) is 0 Å². The van der Waals surface area contributed by atoms with Gasteiger partial charge in [-0.1, -0.05) is 127 Å². The number of aryl methyl sites for hydroxylation is 2. The van der Waals surface area contributed by atoms with Gasteiger partial charge in [0.05, 0.1) is 23.4 Å². The van der Waals surface area contributed by atoms with Crippen LogP contribution in [0.3, 0.4) is 0 Å². The van der Waals surface area contributed by atoms with Gasteiger partial charge in [0.15, 0.2) is 4.32 Å². The SMILES string of the molecule is CCCCCCCCCc1ccccc1N(C(=S)SO)c1ccccc1CCCCCCCCC. The van der Waals surface area contributed by atoms with Gasteiger partial charge in [-0.05, 0) is 61.2 Å². The lowest BCUT2D eigenvalue weighted by Crippen LogP contribution is -2.23. The van der Waals surface area contributed by atoms with E-state index < -0.39 is 0 Å². The van der Waals surface area contributed by atoms with Gasteiger partial charge in [0, 0.05) is 0 Å². The number of hydrogen-bond acceptors (Lipinski definition) is 3. The fourth-order valence-electron chi connectivity index (χ4n) is 4.79. The number of nitrogens with zero attached hydrogens (tertiary/aromatic N) is 1. The number of thiocarbonyl (C=S) groups is 1. The summed E-state index contributed by atoms with van der Waals surface area (Å²) in [5.74, 6) is 0. The van der Waals surface area contributed by atoms with E-state index in [1.165, 1.54) is 101 Å². The molecule has 0 unspecified atom stereocenters. The minimum absolute atomic E-state index is 0.490. The second-order valence-corrected chi connectivity index (χ2v) is 10.9. The van der Waals surface area contributed by atoms with Crippen molar-refractivity contribution in [2.75, 3.05) is 4.90 Å². The molecule has 0 saturated heterocycles. The molecule has 0 bridgehead atoms. The van der Waals surface area contributed by atoms with E-state index in [9.17, 15) is 4.55 Å². The van der Waals surface area contributed by atoms with E-state index in [4.69, 9.17) is 12.2 Å². The van der Waals surface area contributed by atoms with Crippen LogP contribution in [-0.4, -0.2) is 8.87 Å². The van der Waals surface area contributed by atoms with E-state index in [-0.39, 0.29) is 0 Å². The highest BCUT2D eigenvalue weighted by Gasteiger charge is 2.20. The van der Waals surface area contributed by atoms with Crippen LogP contribution in [0.5, 0.6) is 0 Å². The molecule has 35 heavy (non-hydrogen) atoms. The van der Waals surface area contributed by atoms with Gasteiger partial charge in [-0.3, -0.25) is 4.90 Å². The Morgan fingerprint density at radius 2 is 1.00 bits per heavy atom. The van der Waals surface area contributed by atoms with Gasteiger partial charge in [0.2, 0.25) is 0 Å². The molecule has 0 saturated carbocycles. The molecule has 2 aromatic rings. The zero-order valence-corrected chi connectivity index (χ0v) is 23.8. The van der Waals surface area contributed by atoms with Crippen molar-refractivity contribution in [2.24, 2.45) is 0 Å². The molecule has 0 aromatic heterocycles. The van der Waals surface area contributed by atoms with Gasteiger partial charge >= 0.3 is 0 Å². The van der Waals surface area contributed by atoms with Crippen LogP contribution in [0, 0.1) is 0 Å². The van der Waals surface area contributed by atoms with Gasteiger partial charge in [-0.25, -0.2) is 0 Å². The van der Waals surface area contributed by atoms with Gasteiger partial charge in [-0.15, -0.1) is 0 Å². The quantitative estimate of drug-likeness (QED) is 0.122. The predicted octanol–water partition coefficient (Wildman–Crippen LogP) is 10.9. The number of rotatable bonds is 18. The maximum atomic E-state index is 9.98. The molecule has 4 heteroatoms. The normalized spacial score (nSPS) is 11.1. The molecule has 0 atom stereocenters. The Hall–Kier alpha value is -1.36. The molecule has 0 spiro atoms. The van der Waals surface area contributed by atoms with Crippen LogP contribution in [0.4, 0.5) is 11.4 Å². The second-order valence-electron chi connectivity index (χ2n) is 9.69. The second kappa shape index (κ2) is 18.8. The largest absolute Gasteiger partial charge is 0.324 e. The van der Waals surface area contributed by atoms with Crippen molar-refractivity contribution in [3.8, 4) is 0 Å². The first-order valence-corrected chi connectivity index (χ1v) is 15.2. The van der Waals surface area contributed by atoms with Crippen molar-refractivity contribution in [3.05, 3.63) is 59.7 Å². The minimum atomic E-state index is 0.490. The van der Waals surface area contributed by atoms with Crippen LogP contribution in [-0.2, 0) is 12.8 Å². The molecule has 2 aromatic carbocycles. The fourth-order valence-corrected chi connectivity index (χ4v) is 5.27. The summed E-state index contributed by atoms with van der Waals surface area (Å²) in [4.78, 5) is 2.10. The molecule has 1 N–H and O–H groups in total. The van der Waals surface area contributed by atoms with Gasteiger partial charge in [0.1, 0.15) is 0 Å². The third-order valence-electron chi connectivity index (χ3n) is 6.83. The van der Waals surface area contributed by atoms with E-state index in [1.807, 2.05) is 0 Å². The molecule has 0 radical (unpaired) electrons. The smallest absolute Gasteiger partial charge is 0.172 e. The molecule has 0 aliphatic carbocycles. The van der Waals surface area contributed by atoms with Crippen molar-refractivity contribution in [1.82, 2.24) is 0 Å². The molecule has 0 aliphatic heterocycles. The Balaban J connectivity index is 2.09. The molecule has 2 rings (SSSR count). The van der Waals surface area contributed by atoms with Crippen molar-refractivity contribution in [3.63, 3.8) is 0 Å². The zero-order chi connectivity index (χ0) is 25.1. The maximum absolute atomic E-state index is 9.98. The molecule has 0 heterocycles. The standard InChI is InChI=1S/C31H47NOS2/c1-3-5-7-9-11-13-15-21-27-23-17-19-25-29(27)32(31(34)35-33)30-26-20-18-24-28(30)22-16-14-12-10-8-6-4-2/h17-20,23-26,33H,3-16,21-22H2,1-2H3. The molecule has 2 nitrogen and oxygen atoms in total. The van der Waals surface area contributed by atoms with Crippen LogP contribution < -0.4 is 4.90 Å². The third-order valence-corrected chi connectivity index (χ3v) is 7.57. The minimum Gasteiger partial charge on any atom is -0.324 e. The van der Waals surface area contributed by atoms with E-state index >= 15 is 0 Å². The first-order valence-electron chi connectivity index (χ1n) is 14.0. The third kappa shape index (κ3) is 11.1. The van der Waals surface area contributed by atoms with E-state index in [2.05, 4.69) is 67.3 Å². The van der Waals surface area contributed by atoms with Gasteiger partial charge < -0.3 is 4.55 Å². The summed E-state index contributed by atoms with van der Waals surface area (Å²) >= 11 is 6.36. The Bertz CT molecular complexity index is 777. The topological polar surface area (TPSA) is 23.5 Å². The summed E-state index contributed by atoms with van der Waals surface area (Å²) in [6, 6.07) is 17.2. The molecular weight excluding hydrogens is 466 g/mol. The first kappa shape index (κ1) is 29.9. The highest BCUT2D eigenvalue weighted by molar-refractivity contribution is 8.19. The number of anilines is 2. The van der Waals surface area contributed by atoms with Crippen molar-refractivity contribution in [2.45, 2.75) is 117 Å².